The molecule has 0 saturated carbocycles. The van der Waals surface area contributed by atoms with Crippen LogP contribution in [0.4, 0.5) is 5.69 Å². The van der Waals surface area contributed by atoms with Gasteiger partial charge in [-0.15, -0.1) is 0 Å². The lowest BCUT2D eigenvalue weighted by Crippen LogP contribution is -2.21. The Morgan fingerprint density at radius 2 is 1.96 bits per heavy atom. The molecule has 0 saturated heterocycles. The molecule has 0 atom stereocenters. The molecule has 0 fully saturated rings. The number of aryl methyl sites for hydroxylation is 1. The summed E-state index contributed by atoms with van der Waals surface area (Å²) in [7, 11) is 1.49. The number of nitrogens with one attached hydrogen (secondary N) is 1. The number of anilines is 1. The van der Waals surface area contributed by atoms with Crippen molar-refractivity contribution in [1.82, 2.24) is 0 Å². The number of hydrogen-bond acceptors (Lipinski definition) is 5. The fraction of sp³-hybridized carbons (Fsp3) is 0.176. The molecule has 0 bridgehead atoms. The average molecular weight is 350 g/mol. The third-order valence-electron chi connectivity index (χ3n) is 3.14. The Kier molecular flexibility index (Phi) is 5.65. The van der Waals surface area contributed by atoms with E-state index >= 15 is 0 Å². The minimum atomic E-state index is -0.779. The first kappa shape index (κ1) is 17.6. The standard InChI is InChI=1S/C17H16ClNO5/c1-10-3-5-14(20)12(7-10)17(22)24-9-16(21)19-11-4-6-15(23-2)13(18)8-11/h3-8,20H,9H2,1-2H3,(H,19,21). The molecular weight excluding hydrogens is 334 g/mol. The molecule has 0 aliphatic heterocycles. The monoisotopic (exact) mass is 349 g/mol. The first-order valence-electron chi connectivity index (χ1n) is 7.01. The molecule has 0 aliphatic rings. The van der Waals surface area contributed by atoms with E-state index in [1.54, 1.807) is 25.1 Å². The molecule has 0 spiro atoms. The minimum absolute atomic E-state index is 0.00953. The smallest absolute Gasteiger partial charge is 0.342 e. The van der Waals surface area contributed by atoms with Gasteiger partial charge in [0.05, 0.1) is 12.1 Å². The number of aromatic hydroxyl groups is 1. The molecule has 0 radical (unpaired) electrons. The number of ether oxygens (including phenoxy) is 2. The Labute approximate surface area is 144 Å². The van der Waals surface area contributed by atoms with Gasteiger partial charge >= 0.3 is 5.97 Å². The maximum absolute atomic E-state index is 11.9. The maximum Gasteiger partial charge on any atom is 0.342 e. The molecule has 2 N–H and O–H groups in total. The zero-order valence-corrected chi connectivity index (χ0v) is 13.9. The highest BCUT2D eigenvalue weighted by atomic mass is 35.5. The highest BCUT2D eigenvalue weighted by Crippen LogP contribution is 2.27. The van der Waals surface area contributed by atoms with Crippen LogP contribution < -0.4 is 10.1 Å². The van der Waals surface area contributed by atoms with E-state index in [0.29, 0.717) is 16.5 Å². The summed E-state index contributed by atoms with van der Waals surface area (Å²) in [6, 6.07) is 9.27. The summed E-state index contributed by atoms with van der Waals surface area (Å²) in [5.41, 5.74) is 1.24. The van der Waals surface area contributed by atoms with Gasteiger partial charge in [-0.2, -0.15) is 0 Å². The van der Waals surface area contributed by atoms with Crippen LogP contribution in [-0.4, -0.2) is 30.7 Å². The van der Waals surface area contributed by atoms with E-state index in [2.05, 4.69) is 5.32 Å². The van der Waals surface area contributed by atoms with Crippen LogP contribution in [0.3, 0.4) is 0 Å². The lowest BCUT2D eigenvalue weighted by Gasteiger charge is -2.09. The number of methoxy groups -OCH3 is 1. The Bertz CT molecular complexity index is 776. The van der Waals surface area contributed by atoms with Gasteiger partial charge in [-0.25, -0.2) is 4.79 Å². The van der Waals surface area contributed by atoms with Crippen LogP contribution in [0.2, 0.25) is 5.02 Å². The van der Waals surface area contributed by atoms with Crippen molar-refractivity contribution in [3.8, 4) is 11.5 Å². The summed E-state index contributed by atoms with van der Waals surface area (Å²) in [5.74, 6) is -1.03. The lowest BCUT2D eigenvalue weighted by molar-refractivity contribution is -0.119. The number of phenolic OH excluding ortho intramolecular Hbond substituents is 1. The molecule has 0 heterocycles. The van der Waals surface area contributed by atoms with Crippen LogP contribution in [0.15, 0.2) is 36.4 Å². The largest absolute Gasteiger partial charge is 0.507 e. The van der Waals surface area contributed by atoms with Gasteiger partial charge in [0.2, 0.25) is 0 Å². The second-order valence-electron chi connectivity index (χ2n) is 4.99. The normalized spacial score (nSPS) is 10.1. The molecule has 2 aromatic rings. The Morgan fingerprint density at radius 1 is 1.21 bits per heavy atom. The van der Waals surface area contributed by atoms with Crippen molar-refractivity contribution in [3.05, 3.63) is 52.5 Å². The number of halogens is 1. The van der Waals surface area contributed by atoms with E-state index in [0.717, 1.165) is 5.56 Å². The van der Waals surface area contributed by atoms with Crippen LogP contribution in [0.5, 0.6) is 11.5 Å². The molecule has 0 aliphatic carbocycles. The van der Waals surface area contributed by atoms with E-state index < -0.39 is 18.5 Å². The highest BCUT2D eigenvalue weighted by molar-refractivity contribution is 6.32. The number of benzene rings is 2. The van der Waals surface area contributed by atoms with Crippen molar-refractivity contribution in [1.29, 1.82) is 0 Å². The van der Waals surface area contributed by atoms with Crippen LogP contribution in [-0.2, 0) is 9.53 Å². The summed E-state index contributed by atoms with van der Waals surface area (Å²) in [6.45, 7) is 1.28. The molecule has 2 aromatic carbocycles. The molecule has 7 heteroatoms. The number of esters is 1. The van der Waals surface area contributed by atoms with E-state index in [1.165, 1.54) is 25.3 Å². The molecule has 2 rings (SSSR count). The summed E-state index contributed by atoms with van der Waals surface area (Å²) >= 11 is 5.96. The zero-order chi connectivity index (χ0) is 17.7. The van der Waals surface area contributed by atoms with Crippen molar-refractivity contribution < 1.29 is 24.2 Å². The van der Waals surface area contributed by atoms with Gasteiger partial charge in [-0.05, 0) is 37.3 Å². The molecule has 0 unspecified atom stereocenters. The summed E-state index contributed by atoms with van der Waals surface area (Å²) in [5, 5.41) is 12.6. The van der Waals surface area contributed by atoms with Crippen molar-refractivity contribution >= 4 is 29.2 Å². The minimum Gasteiger partial charge on any atom is -0.507 e. The molecular formula is C17H16ClNO5. The Balaban J connectivity index is 1.94. The van der Waals surface area contributed by atoms with Gasteiger partial charge in [0.25, 0.3) is 5.91 Å². The summed E-state index contributed by atoms with van der Waals surface area (Å²) < 4.78 is 9.92. The number of carbonyl (C=O) groups is 2. The van der Waals surface area contributed by atoms with E-state index in [4.69, 9.17) is 21.1 Å². The van der Waals surface area contributed by atoms with Gasteiger partial charge in [0.15, 0.2) is 6.61 Å². The predicted octanol–water partition coefficient (Wildman–Crippen LogP) is 3.16. The fourth-order valence-electron chi connectivity index (χ4n) is 1.96. The first-order valence-corrected chi connectivity index (χ1v) is 7.38. The molecule has 1 amide bonds. The number of hydrogen-bond donors (Lipinski definition) is 2. The Hall–Kier alpha value is -2.73. The second kappa shape index (κ2) is 7.70. The number of amides is 1. The van der Waals surface area contributed by atoms with Crippen LogP contribution in [0, 0.1) is 6.92 Å². The van der Waals surface area contributed by atoms with Crippen molar-refractivity contribution in [2.75, 3.05) is 19.0 Å². The zero-order valence-electron chi connectivity index (χ0n) is 13.1. The van der Waals surface area contributed by atoms with Gasteiger partial charge in [-0.3, -0.25) is 4.79 Å². The lowest BCUT2D eigenvalue weighted by atomic mass is 10.1. The third-order valence-corrected chi connectivity index (χ3v) is 3.44. The second-order valence-corrected chi connectivity index (χ2v) is 5.40. The Morgan fingerprint density at radius 3 is 2.62 bits per heavy atom. The SMILES string of the molecule is COc1ccc(NC(=O)COC(=O)c2cc(C)ccc2O)cc1Cl. The van der Waals surface area contributed by atoms with E-state index in [1.807, 2.05) is 0 Å². The molecule has 126 valence electrons. The topological polar surface area (TPSA) is 84.9 Å². The van der Waals surface area contributed by atoms with E-state index in [-0.39, 0.29) is 11.3 Å². The predicted molar refractivity (Wildman–Crippen MR) is 89.8 cm³/mol. The van der Waals surface area contributed by atoms with Gasteiger partial charge in [-0.1, -0.05) is 23.2 Å². The third kappa shape index (κ3) is 4.39. The maximum atomic E-state index is 11.9. The molecule has 6 nitrogen and oxygen atoms in total. The van der Waals surface area contributed by atoms with Gasteiger partial charge in [0.1, 0.15) is 17.1 Å². The van der Waals surface area contributed by atoms with Crippen molar-refractivity contribution in [3.63, 3.8) is 0 Å². The highest BCUT2D eigenvalue weighted by Gasteiger charge is 2.15. The van der Waals surface area contributed by atoms with Crippen LogP contribution in [0.25, 0.3) is 0 Å². The van der Waals surface area contributed by atoms with Gasteiger partial charge < -0.3 is 19.9 Å². The quantitative estimate of drug-likeness (QED) is 0.810. The van der Waals surface area contributed by atoms with Crippen molar-refractivity contribution in [2.45, 2.75) is 6.92 Å². The van der Waals surface area contributed by atoms with Gasteiger partial charge in [0, 0.05) is 5.69 Å². The van der Waals surface area contributed by atoms with Crippen LogP contribution >= 0.6 is 11.6 Å². The number of carbonyl (C=O) groups excluding carboxylic acids is 2. The van der Waals surface area contributed by atoms with Crippen LogP contribution in [0.1, 0.15) is 15.9 Å². The summed E-state index contributed by atoms with van der Waals surface area (Å²) in [6.07, 6.45) is 0. The first-order chi connectivity index (χ1) is 11.4. The molecule has 24 heavy (non-hydrogen) atoms. The van der Waals surface area contributed by atoms with E-state index in [9.17, 15) is 14.7 Å². The van der Waals surface area contributed by atoms with Crippen molar-refractivity contribution in [2.24, 2.45) is 0 Å². The average Bonchev–Trinajstić information content (AvgIpc) is 2.55. The molecule has 0 aromatic heterocycles. The fourth-order valence-corrected chi connectivity index (χ4v) is 2.22. The number of rotatable bonds is 5. The summed E-state index contributed by atoms with van der Waals surface area (Å²) in [4.78, 5) is 23.8. The number of phenols is 1.